The summed E-state index contributed by atoms with van der Waals surface area (Å²) in [6, 6.07) is 0. The molecule has 0 amide bonds. The Hall–Kier alpha value is -1.30. The van der Waals surface area contributed by atoms with Crippen LogP contribution in [0.4, 0.5) is 14.7 Å². The molecule has 2 aliphatic rings. The molecule has 1 aromatic heterocycles. The number of halogens is 2. The Bertz CT molecular complexity index is 400. The van der Waals surface area contributed by atoms with E-state index in [0.717, 1.165) is 26.2 Å². The average molecular weight is 240 g/mol. The van der Waals surface area contributed by atoms with Crippen molar-refractivity contribution in [1.82, 2.24) is 15.3 Å². The fraction of sp³-hybridized carbons (Fsp3) is 0.636. The number of rotatable bonds is 2. The van der Waals surface area contributed by atoms with Crippen molar-refractivity contribution in [2.75, 3.05) is 31.1 Å². The minimum absolute atomic E-state index is 0.0661. The van der Waals surface area contributed by atoms with E-state index in [0.29, 0.717) is 11.5 Å². The van der Waals surface area contributed by atoms with Crippen molar-refractivity contribution in [2.24, 2.45) is 0 Å². The van der Waals surface area contributed by atoms with Gasteiger partial charge in [-0.1, -0.05) is 0 Å². The van der Waals surface area contributed by atoms with Crippen LogP contribution in [0.1, 0.15) is 17.9 Å². The molecule has 0 aromatic carbocycles. The number of nitrogens with one attached hydrogen (secondary N) is 1. The normalized spacial score (nSPS) is 26.9. The van der Waals surface area contributed by atoms with Crippen LogP contribution in [0.3, 0.4) is 0 Å². The third-order valence-electron chi connectivity index (χ3n) is 3.29. The number of anilines is 1. The maximum Gasteiger partial charge on any atom is 0.256 e. The summed E-state index contributed by atoms with van der Waals surface area (Å²) >= 11 is 0. The molecule has 3 rings (SSSR count). The van der Waals surface area contributed by atoms with Crippen molar-refractivity contribution < 1.29 is 8.78 Å². The SMILES string of the molecule is FC1(F)CC1c1cnc(N2CCNCC2)nc1. The second-order valence-electron chi connectivity index (χ2n) is 4.57. The number of nitrogens with zero attached hydrogens (tertiary/aromatic N) is 3. The first-order valence-electron chi connectivity index (χ1n) is 5.82. The van der Waals surface area contributed by atoms with Crippen LogP contribution in [-0.2, 0) is 0 Å². The quantitative estimate of drug-likeness (QED) is 0.837. The van der Waals surface area contributed by atoms with Gasteiger partial charge < -0.3 is 10.2 Å². The van der Waals surface area contributed by atoms with Crippen LogP contribution in [-0.4, -0.2) is 42.1 Å². The summed E-state index contributed by atoms with van der Waals surface area (Å²) in [7, 11) is 0. The molecule has 1 atom stereocenters. The first-order chi connectivity index (χ1) is 8.17. The van der Waals surface area contributed by atoms with Gasteiger partial charge in [-0.2, -0.15) is 0 Å². The van der Waals surface area contributed by atoms with Crippen molar-refractivity contribution in [3.63, 3.8) is 0 Å². The van der Waals surface area contributed by atoms with E-state index in [1.165, 1.54) is 12.4 Å². The molecule has 1 aromatic rings. The van der Waals surface area contributed by atoms with E-state index >= 15 is 0 Å². The van der Waals surface area contributed by atoms with Gasteiger partial charge in [-0.3, -0.25) is 0 Å². The summed E-state index contributed by atoms with van der Waals surface area (Å²) in [5, 5.41) is 3.24. The third-order valence-corrected chi connectivity index (χ3v) is 3.29. The van der Waals surface area contributed by atoms with Gasteiger partial charge in [0, 0.05) is 45.0 Å². The fourth-order valence-electron chi connectivity index (χ4n) is 2.11. The lowest BCUT2D eigenvalue weighted by molar-refractivity contribution is 0.112. The number of aromatic nitrogens is 2. The molecule has 17 heavy (non-hydrogen) atoms. The third kappa shape index (κ3) is 2.09. The lowest BCUT2D eigenvalue weighted by Crippen LogP contribution is -2.44. The Kier molecular flexibility index (Phi) is 2.47. The van der Waals surface area contributed by atoms with Crippen molar-refractivity contribution >= 4 is 5.95 Å². The summed E-state index contributed by atoms with van der Waals surface area (Å²) in [6.45, 7) is 3.54. The van der Waals surface area contributed by atoms with Crippen LogP contribution in [0.5, 0.6) is 0 Å². The molecule has 1 N–H and O–H groups in total. The highest BCUT2D eigenvalue weighted by atomic mass is 19.3. The smallest absolute Gasteiger partial charge is 0.256 e. The molecule has 2 heterocycles. The zero-order valence-electron chi connectivity index (χ0n) is 9.37. The molecule has 0 radical (unpaired) electrons. The van der Waals surface area contributed by atoms with Crippen LogP contribution in [0.15, 0.2) is 12.4 Å². The van der Waals surface area contributed by atoms with Gasteiger partial charge in [0.15, 0.2) is 0 Å². The predicted octanol–water partition coefficient (Wildman–Crippen LogP) is 1.01. The maximum absolute atomic E-state index is 12.9. The zero-order chi connectivity index (χ0) is 11.9. The maximum atomic E-state index is 12.9. The summed E-state index contributed by atoms with van der Waals surface area (Å²) < 4.78 is 25.7. The molecule has 1 aliphatic heterocycles. The van der Waals surface area contributed by atoms with E-state index in [4.69, 9.17) is 0 Å². The molecular weight excluding hydrogens is 226 g/mol. The summed E-state index contributed by atoms with van der Waals surface area (Å²) in [5.41, 5.74) is 0.550. The molecule has 6 heteroatoms. The first-order valence-corrected chi connectivity index (χ1v) is 5.82. The second-order valence-corrected chi connectivity index (χ2v) is 4.57. The van der Waals surface area contributed by atoms with Gasteiger partial charge in [0.2, 0.25) is 5.95 Å². The number of hydrogen-bond acceptors (Lipinski definition) is 4. The van der Waals surface area contributed by atoms with Gasteiger partial charge in [0.05, 0.1) is 5.92 Å². The molecular formula is C11H14F2N4. The molecule has 2 fully saturated rings. The van der Waals surface area contributed by atoms with E-state index < -0.39 is 11.8 Å². The van der Waals surface area contributed by atoms with Gasteiger partial charge in [0.1, 0.15) is 0 Å². The van der Waals surface area contributed by atoms with E-state index in [-0.39, 0.29) is 6.42 Å². The Balaban J connectivity index is 1.72. The molecule has 0 bridgehead atoms. The summed E-state index contributed by atoms with van der Waals surface area (Å²) in [4.78, 5) is 10.4. The van der Waals surface area contributed by atoms with E-state index in [9.17, 15) is 8.78 Å². The summed E-state index contributed by atoms with van der Waals surface area (Å²) in [5.74, 6) is -2.57. The van der Waals surface area contributed by atoms with Crippen LogP contribution in [0.25, 0.3) is 0 Å². The summed E-state index contributed by atoms with van der Waals surface area (Å²) in [6.07, 6.45) is 3.01. The van der Waals surface area contributed by atoms with Crippen LogP contribution in [0, 0.1) is 0 Å². The predicted molar refractivity (Wildman–Crippen MR) is 59.4 cm³/mol. The Morgan fingerprint density at radius 1 is 1.24 bits per heavy atom. The topological polar surface area (TPSA) is 41.1 Å². The molecule has 92 valence electrons. The molecule has 1 aliphatic carbocycles. The fourth-order valence-corrected chi connectivity index (χ4v) is 2.11. The standard InChI is InChI=1S/C11H14F2N4/c12-11(13)5-9(11)8-6-15-10(16-7-8)17-3-1-14-2-4-17/h6-7,9,14H,1-5H2. The highest BCUT2D eigenvalue weighted by molar-refractivity contribution is 5.33. The molecule has 1 unspecified atom stereocenters. The molecule has 1 saturated carbocycles. The average Bonchev–Trinajstić information content (AvgIpc) is 3.00. The minimum atomic E-state index is -2.54. The number of hydrogen-bond donors (Lipinski definition) is 1. The van der Waals surface area contributed by atoms with Crippen LogP contribution in [0.2, 0.25) is 0 Å². The van der Waals surface area contributed by atoms with E-state index in [2.05, 4.69) is 20.2 Å². The van der Waals surface area contributed by atoms with E-state index in [1.807, 2.05) is 0 Å². The van der Waals surface area contributed by atoms with Crippen molar-refractivity contribution in [3.05, 3.63) is 18.0 Å². The highest BCUT2D eigenvalue weighted by Crippen LogP contribution is 2.55. The Morgan fingerprint density at radius 3 is 2.35 bits per heavy atom. The van der Waals surface area contributed by atoms with Crippen molar-refractivity contribution in [2.45, 2.75) is 18.3 Å². The molecule has 1 saturated heterocycles. The highest BCUT2D eigenvalue weighted by Gasteiger charge is 2.57. The monoisotopic (exact) mass is 240 g/mol. The van der Waals surface area contributed by atoms with Gasteiger partial charge >= 0.3 is 0 Å². The van der Waals surface area contributed by atoms with Crippen LogP contribution >= 0.6 is 0 Å². The molecule has 4 nitrogen and oxygen atoms in total. The lowest BCUT2D eigenvalue weighted by Gasteiger charge is -2.27. The van der Waals surface area contributed by atoms with Crippen molar-refractivity contribution in [1.29, 1.82) is 0 Å². The van der Waals surface area contributed by atoms with Gasteiger partial charge in [-0.15, -0.1) is 0 Å². The number of alkyl halides is 2. The Labute approximate surface area is 98.1 Å². The molecule has 0 spiro atoms. The second kappa shape index (κ2) is 3.87. The van der Waals surface area contributed by atoms with E-state index in [1.54, 1.807) is 0 Å². The first kappa shape index (κ1) is 10.8. The van der Waals surface area contributed by atoms with Gasteiger partial charge in [-0.05, 0) is 5.56 Å². The lowest BCUT2D eigenvalue weighted by atomic mass is 10.2. The van der Waals surface area contributed by atoms with Crippen molar-refractivity contribution in [3.8, 4) is 0 Å². The largest absolute Gasteiger partial charge is 0.338 e. The zero-order valence-corrected chi connectivity index (χ0v) is 9.37. The van der Waals surface area contributed by atoms with Gasteiger partial charge in [0.25, 0.3) is 5.92 Å². The van der Waals surface area contributed by atoms with Gasteiger partial charge in [-0.25, -0.2) is 18.7 Å². The Morgan fingerprint density at radius 2 is 1.82 bits per heavy atom. The minimum Gasteiger partial charge on any atom is -0.338 e. The van der Waals surface area contributed by atoms with Crippen LogP contribution < -0.4 is 10.2 Å². The number of piperazine rings is 1.